The van der Waals surface area contributed by atoms with Crippen LogP contribution >= 0.6 is 22.6 Å². The molecular formula is C13H11F2IN2O. The van der Waals surface area contributed by atoms with Crippen LogP contribution in [-0.2, 0) is 0 Å². The summed E-state index contributed by atoms with van der Waals surface area (Å²) in [6, 6.07) is 7.09. The molecule has 0 saturated carbocycles. The third-order valence-electron chi connectivity index (χ3n) is 2.52. The molecular weight excluding hydrogens is 365 g/mol. The summed E-state index contributed by atoms with van der Waals surface area (Å²) in [5.41, 5.74) is 7.19. The van der Waals surface area contributed by atoms with Crippen LogP contribution in [0.5, 0.6) is 5.75 Å². The van der Waals surface area contributed by atoms with E-state index in [2.05, 4.69) is 5.32 Å². The van der Waals surface area contributed by atoms with Crippen LogP contribution in [-0.4, -0.2) is 7.11 Å². The number of halogens is 3. The van der Waals surface area contributed by atoms with E-state index in [1.165, 1.54) is 37.4 Å². The molecule has 0 bridgehead atoms. The van der Waals surface area contributed by atoms with Gasteiger partial charge in [-0.25, -0.2) is 8.78 Å². The molecule has 3 N–H and O–H groups in total. The highest BCUT2D eigenvalue weighted by Crippen LogP contribution is 2.29. The summed E-state index contributed by atoms with van der Waals surface area (Å²) in [4.78, 5) is 0. The first kappa shape index (κ1) is 13.9. The molecule has 3 nitrogen and oxygen atoms in total. The van der Waals surface area contributed by atoms with Gasteiger partial charge in [-0.15, -0.1) is 0 Å². The minimum Gasteiger partial charge on any atom is -0.494 e. The fraction of sp³-hybridized carbons (Fsp3) is 0.0769. The molecule has 2 aromatic carbocycles. The molecule has 0 aliphatic carbocycles. The van der Waals surface area contributed by atoms with Crippen molar-refractivity contribution >= 4 is 39.7 Å². The van der Waals surface area contributed by atoms with Crippen LogP contribution in [0.25, 0.3) is 0 Å². The van der Waals surface area contributed by atoms with Gasteiger partial charge in [-0.1, -0.05) is 0 Å². The Bertz CT molecular complexity index is 620. The van der Waals surface area contributed by atoms with E-state index in [4.69, 9.17) is 10.5 Å². The molecule has 0 heterocycles. The summed E-state index contributed by atoms with van der Waals surface area (Å²) >= 11 is 1.86. The zero-order valence-corrected chi connectivity index (χ0v) is 12.2. The summed E-state index contributed by atoms with van der Waals surface area (Å²) in [7, 11) is 1.38. The number of nitrogen functional groups attached to an aromatic ring is 1. The number of anilines is 3. The van der Waals surface area contributed by atoms with Gasteiger partial charge in [0.2, 0.25) is 0 Å². The molecule has 2 aromatic rings. The molecule has 19 heavy (non-hydrogen) atoms. The lowest BCUT2D eigenvalue weighted by atomic mass is 10.2. The van der Waals surface area contributed by atoms with E-state index in [0.717, 1.165) is 0 Å². The lowest BCUT2D eigenvalue weighted by Crippen LogP contribution is -1.99. The van der Waals surface area contributed by atoms with E-state index in [1.807, 2.05) is 22.6 Å². The number of hydrogen-bond donors (Lipinski definition) is 2. The lowest BCUT2D eigenvalue weighted by molar-refractivity contribution is 0.387. The summed E-state index contributed by atoms with van der Waals surface area (Å²) < 4.78 is 32.1. The van der Waals surface area contributed by atoms with Crippen LogP contribution in [0.15, 0.2) is 30.3 Å². The Labute approximate surface area is 122 Å². The van der Waals surface area contributed by atoms with Gasteiger partial charge in [0.25, 0.3) is 0 Å². The molecule has 0 unspecified atom stereocenters. The molecule has 2 rings (SSSR count). The van der Waals surface area contributed by atoms with Crippen LogP contribution < -0.4 is 15.8 Å². The van der Waals surface area contributed by atoms with E-state index in [0.29, 0.717) is 20.6 Å². The fourth-order valence-corrected chi connectivity index (χ4v) is 2.05. The lowest BCUT2D eigenvalue weighted by Gasteiger charge is -2.11. The number of ether oxygens (including phenoxy) is 1. The molecule has 0 radical (unpaired) electrons. The fourth-order valence-electron chi connectivity index (χ4n) is 1.56. The molecule has 6 heteroatoms. The third kappa shape index (κ3) is 3.06. The second kappa shape index (κ2) is 5.60. The smallest absolute Gasteiger partial charge is 0.165 e. The van der Waals surface area contributed by atoms with Crippen LogP contribution in [0.4, 0.5) is 25.8 Å². The van der Waals surface area contributed by atoms with Crippen molar-refractivity contribution in [1.82, 2.24) is 0 Å². The third-order valence-corrected chi connectivity index (χ3v) is 3.35. The maximum Gasteiger partial charge on any atom is 0.165 e. The Morgan fingerprint density at radius 1 is 1.16 bits per heavy atom. The summed E-state index contributed by atoms with van der Waals surface area (Å²) in [6.07, 6.45) is 0. The molecule has 0 saturated heterocycles. The van der Waals surface area contributed by atoms with Crippen LogP contribution in [0.2, 0.25) is 0 Å². The number of rotatable bonds is 3. The van der Waals surface area contributed by atoms with Crippen LogP contribution in [0.1, 0.15) is 0 Å². The normalized spacial score (nSPS) is 10.3. The van der Waals surface area contributed by atoms with Crippen molar-refractivity contribution in [3.8, 4) is 5.75 Å². The number of hydrogen-bond acceptors (Lipinski definition) is 3. The highest BCUT2D eigenvalue weighted by atomic mass is 127. The van der Waals surface area contributed by atoms with Gasteiger partial charge in [-0.05, 0) is 40.8 Å². The zero-order chi connectivity index (χ0) is 14.0. The molecule has 0 fully saturated rings. The first-order valence-corrected chi connectivity index (χ1v) is 6.44. The SMILES string of the molecule is COc1cc(Nc2cc(F)c(I)cc2N)ccc1F. The predicted octanol–water partition coefficient (Wildman–Crippen LogP) is 3.90. The second-order valence-corrected chi connectivity index (χ2v) is 4.99. The van der Waals surface area contributed by atoms with E-state index in [9.17, 15) is 8.78 Å². The molecule has 0 aromatic heterocycles. The first-order valence-electron chi connectivity index (χ1n) is 5.36. The molecule has 0 amide bonds. The van der Waals surface area contributed by atoms with Crippen molar-refractivity contribution < 1.29 is 13.5 Å². The Morgan fingerprint density at radius 3 is 2.58 bits per heavy atom. The standard InChI is InChI=1S/C13H11F2IN2O/c1-19-13-4-7(2-3-8(13)14)18-12-5-9(15)10(16)6-11(12)17/h2-6,18H,17H2,1H3. The van der Waals surface area contributed by atoms with Crippen LogP contribution in [0.3, 0.4) is 0 Å². The van der Waals surface area contributed by atoms with Crippen molar-refractivity contribution in [2.24, 2.45) is 0 Å². The zero-order valence-electron chi connectivity index (χ0n) is 10.0. The molecule has 100 valence electrons. The van der Waals surface area contributed by atoms with Crippen molar-refractivity contribution in [2.75, 3.05) is 18.2 Å². The number of methoxy groups -OCH3 is 1. The van der Waals surface area contributed by atoms with Gasteiger partial charge in [-0.3, -0.25) is 0 Å². The van der Waals surface area contributed by atoms with Gasteiger partial charge in [0, 0.05) is 17.8 Å². The first-order chi connectivity index (χ1) is 9.01. The van der Waals surface area contributed by atoms with Gasteiger partial charge < -0.3 is 15.8 Å². The summed E-state index contributed by atoms with van der Waals surface area (Å²) in [5, 5.41) is 2.93. The Kier molecular flexibility index (Phi) is 4.08. The number of nitrogens with two attached hydrogens (primary N) is 1. The van der Waals surface area contributed by atoms with E-state index in [1.54, 1.807) is 0 Å². The monoisotopic (exact) mass is 376 g/mol. The largest absolute Gasteiger partial charge is 0.494 e. The van der Waals surface area contributed by atoms with E-state index in [-0.39, 0.29) is 11.6 Å². The molecule has 0 aliphatic rings. The average molecular weight is 376 g/mol. The second-order valence-electron chi connectivity index (χ2n) is 3.83. The quantitative estimate of drug-likeness (QED) is 0.631. The van der Waals surface area contributed by atoms with E-state index < -0.39 is 5.82 Å². The van der Waals surface area contributed by atoms with Gasteiger partial charge in [0.05, 0.1) is 22.1 Å². The number of nitrogens with one attached hydrogen (secondary N) is 1. The Balaban J connectivity index is 2.33. The van der Waals surface area contributed by atoms with Crippen molar-refractivity contribution in [3.63, 3.8) is 0 Å². The predicted molar refractivity (Wildman–Crippen MR) is 79.8 cm³/mol. The molecule has 0 atom stereocenters. The van der Waals surface area contributed by atoms with Gasteiger partial charge in [0.15, 0.2) is 11.6 Å². The Morgan fingerprint density at radius 2 is 1.89 bits per heavy atom. The van der Waals surface area contributed by atoms with Crippen molar-refractivity contribution in [2.45, 2.75) is 0 Å². The molecule has 0 spiro atoms. The minimum atomic E-state index is -0.463. The maximum absolute atomic E-state index is 13.5. The summed E-state index contributed by atoms with van der Waals surface area (Å²) in [6.45, 7) is 0. The highest BCUT2D eigenvalue weighted by Gasteiger charge is 2.08. The highest BCUT2D eigenvalue weighted by molar-refractivity contribution is 14.1. The Hall–Kier alpha value is -1.57. The van der Waals surface area contributed by atoms with Gasteiger partial charge in [-0.2, -0.15) is 0 Å². The van der Waals surface area contributed by atoms with Crippen LogP contribution in [0, 0.1) is 15.2 Å². The maximum atomic E-state index is 13.5. The van der Waals surface area contributed by atoms with Crippen molar-refractivity contribution in [1.29, 1.82) is 0 Å². The minimum absolute atomic E-state index is 0.106. The summed E-state index contributed by atoms with van der Waals surface area (Å²) in [5.74, 6) is -0.726. The van der Waals surface area contributed by atoms with Crippen molar-refractivity contribution in [3.05, 3.63) is 45.5 Å². The van der Waals surface area contributed by atoms with Gasteiger partial charge >= 0.3 is 0 Å². The number of benzene rings is 2. The van der Waals surface area contributed by atoms with Gasteiger partial charge in [0.1, 0.15) is 5.82 Å². The topological polar surface area (TPSA) is 47.3 Å². The average Bonchev–Trinajstić information content (AvgIpc) is 2.38. The van der Waals surface area contributed by atoms with E-state index >= 15 is 0 Å². The molecule has 0 aliphatic heterocycles.